The highest BCUT2D eigenvalue weighted by Crippen LogP contribution is 2.59. The fourth-order valence-corrected chi connectivity index (χ4v) is 7.82. The van der Waals surface area contributed by atoms with E-state index in [1.54, 1.807) is 12.1 Å². The van der Waals surface area contributed by atoms with Crippen LogP contribution < -0.4 is 4.74 Å². The molecule has 2 aliphatic carbocycles. The van der Waals surface area contributed by atoms with Crippen LogP contribution in [0.3, 0.4) is 0 Å². The van der Waals surface area contributed by atoms with Gasteiger partial charge in [0.25, 0.3) is 0 Å². The number of phenolic OH excluding ortho intramolecular Hbond substituents is 1. The number of imide groups is 2. The Morgan fingerprint density at radius 2 is 1.30 bits per heavy atom. The molecule has 3 aromatic carbocycles. The number of aromatic hydroxyl groups is 1. The molecule has 6 unspecified atom stereocenters. The zero-order valence-electron chi connectivity index (χ0n) is 23.8. The zero-order chi connectivity index (χ0) is 29.8. The Balaban J connectivity index is 1.29. The topological polar surface area (TPSA) is 104 Å². The first-order valence-electron chi connectivity index (χ1n) is 14.7. The molecule has 2 saturated heterocycles. The molecule has 8 nitrogen and oxygen atoms in total. The predicted octanol–water partition coefficient (Wildman–Crippen LogP) is 4.44. The van der Waals surface area contributed by atoms with Gasteiger partial charge in [0.1, 0.15) is 11.5 Å². The van der Waals surface area contributed by atoms with Crippen LogP contribution in [0, 0.1) is 29.6 Å². The van der Waals surface area contributed by atoms with Gasteiger partial charge in [-0.3, -0.25) is 29.0 Å². The normalized spacial score (nSPS) is 28.0. The SMILES string of the molecule is COc1ccc(C2C3=CCC4C(=O)N(Cc5ccccc5)C(=O)C4C3CC3C(=O)N(Cc4ccccc4)C(=O)C32)c(O)c1. The fourth-order valence-electron chi connectivity index (χ4n) is 7.82. The summed E-state index contributed by atoms with van der Waals surface area (Å²) in [6.45, 7) is 0.357. The summed E-state index contributed by atoms with van der Waals surface area (Å²) in [5, 5.41) is 11.2. The Morgan fingerprint density at radius 3 is 1.88 bits per heavy atom. The summed E-state index contributed by atoms with van der Waals surface area (Å²) >= 11 is 0. The van der Waals surface area contributed by atoms with E-state index in [-0.39, 0.29) is 42.5 Å². The maximum absolute atomic E-state index is 14.1. The highest BCUT2D eigenvalue weighted by Gasteiger charge is 2.62. The molecule has 0 radical (unpaired) electrons. The third-order valence-corrected chi connectivity index (χ3v) is 9.77. The first-order chi connectivity index (χ1) is 20.9. The number of rotatable bonds is 6. The Bertz CT molecular complexity index is 1650. The van der Waals surface area contributed by atoms with Crippen LogP contribution in [-0.4, -0.2) is 45.6 Å². The number of hydrogen-bond donors (Lipinski definition) is 1. The summed E-state index contributed by atoms with van der Waals surface area (Å²) in [6.07, 6.45) is 2.66. The van der Waals surface area contributed by atoms with Crippen LogP contribution in [0.25, 0.3) is 0 Å². The summed E-state index contributed by atoms with van der Waals surface area (Å²) in [7, 11) is 1.51. The lowest BCUT2D eigenvalue weighted by molar-refractivity contribution is -0.142. The summed E-state index contributed by atoms with van der Waals surface area (Å²) < 4.78 is 5.30. The van der Waals surface area contributed by atoms with Gasteiger partial charge in [0.05, 0.1) is 43.9 Å². The van der Waals surface area contributed by atoms with Crippen LogP contribution >= 0.6 is 0 Å². The molecule has 0 spiro atoms. The van der Waals surface area contributed by atoms with Gasteiger partial charge in [0.2, 0.25) is 23.6 Å². The summed E-state index contributed by atoms with van der Waals surface area (Å²) in [6, 6.07) is 23.8. The van der Waals surface area contributed by atoms with Crippen molar-refractivity contribution in [3.63, 3.8) is 0 Å². The standard InChI is InChI=1S/C35H32N2O6/c1-43-22-12-13-24(28(38)16-22)29-23-14-15-25-30(34(41)36(32(25)39)18-20-8-4-2-5-9-20)26(23)17-27-31(29)35(42)37(33(27)40)19-21-10-6-3-7-11-21/h2-14,16,25-27,29-31,38H,15,17-19H2,1H3. The second kappa shape index (κ2) is 10.5. The number of likely N-dealkylation sites (tertiary alicyclic amines) is 2. The van der Waals surface area contributed by atoms with Crippen LogP contribution in [-0.2, 0) is 32.3 Å². The Morgan fingerprint density at radius 1 is 0.721 bits per heavy atom. The van der Waals surface area contributed by atoms with E-state index in [2.05, 4.69) is 0 Å². The van der Waals surface area contributed by atoms with E-state index in [4.69, 9.17) is 4.74 Å². The van der Waals surface area contributed by atoms with Crippen molar-refractivity contribution in [2.75, 3.05) is 7.11 Å². The number of benzene rings is 3. The monoisotopic (exact) mass is 576 g/mol. The molecule has 4 amide bonds. The summed E-state index contributed by atoms with van der Waals surface area (Å²) in [5.41, 5.74) is 3.09. The molecule has 218 valence electrons. The van der Waals surface area contributed by atoms with Crippen molar-refractivity contribution in [3.05, 3.63) is 107 Å². The van der Waals surface area contributed by atoms with E-state index in [1.165, 1.54) is 23.0 Å². The number of ether oxygens (including phenoxy) is 1. The second-order valence-electron chi connectivity index (χ2n) is 11.9. The maximum Gasteiger partial charge on any atom is 0.234 e. The van der Waals surface area contributed by atoms with Crippen molar-refractivity contribution < 1.29 is 29.0 Å². The van der Waals surface area contributed by atoms with Crippen molar-refractivity contribution in [2.24, 2.45) is 29.6 Å². The third-order valence-electron chi connectivity index (χ3n) is 9.77. The Hall–Kier alpha value is -4.72. The van der Waals surface area contributed by atoms with Gasteiger partial charge in [-0.15, -0.1) is 0 Å². The molecule has 1 N–H and O–H groups in total. The van der Waals surface area contributed by atoms with Gasteiger partial charge in [-0.25, -0.2) is 0 Å². The van der Waals surface area contributed by atoms with Gasteiger partial charge in [-0.2, -0.15) is 0 Å². The largest absolute Gasteiger partial charge is 0.508 e. The molecule has 8 heteroatoms. The summed E-state index contributed by atoms with van der Waals surface area (Å²) in [4.78, 5) is 58.3. The number of fused-ring (bicyclic) bond motifs is 4. The van der Waals surface area contributed by atoms with E-state index < -0.39 is 35.5 Å². The average molecular weight is 577 g/mol. The van der Waals surface area contributed by atoms with Crippen molar-refractivity contribution in [3.8, 4) is 11.5 Å². The first kappa shape index (κ1) is 27.1. The highest BCUT2D eigenvalue weighted by molar-refractivity contribution is 6.08. The van der Waals surface area contributed by atoms with Gasteiger partial charge in [-0.05, 0) is 36.0 Å². The van der Waals surface area contributed by atoms with E-state index in [9.17, 15) is 24.3 Å². The molecule has 0 aromatic heterocycles. The van der Waals surface area contributed by atoms with Crippen molar-refractivity contribution in [2.45, 2.75) is 31.8 Å². The van der Waals surface area contributed by atoms with Gasteiger partial charge in [0, 0.05) is 17.5 Å². The molecule has 2 aliphatic heterocycles. The molecule has 7 rings (SSSR count). The first-order valence-corrected chi connectivity index (χ1v) is 14.7. The molecule has 3 fully saturated rings. The third kappa shape index (κ3) is 4.35. The molecule has 0 bridgehead atoms. The molecule has 4 aliphatic rings. The van der Waals surface area contributed by atoms with E-state index in [1.807, 2.05) is 66.7 Å². The van der Waals surface area contributed by atoms with Crippen molar-refractivity contribution in [1.29, 1.82) is 0 Å². The number of carbonyl (C=O) groups is 4. The lowest BCUT2D eigenvalue weighted by Crippen LogP contribution is -2.43. The minimum atomic E-state index is -0.720. The quantitative estimate of drug-likeness (QED) is 0.344. The van der Waals surface area contributed by atoms with Crippen molar-refractivity contribution in [1.82, 2.24) is 9.80 Å². The van der Waals surface area contributed by atoms with Crippen LogP contribution in [0.4, 0.5) is 0 Å². The molecule has 1 saturated carbocycles. The average Bonchev–Trinajstić information content (AvgIpc) is 3.41. The molecule has 3 aromatic rings. The number of nitrogens with zero attached hydrogens (tertiary/aromatic N) is 2. The Labute approximate surface area is 249 Å². The van der Waals surface area contributed by atoms with Crippen LogP contribution in [0.2, 0.25) is 0 Å². The number of allylic oxidation sites excluding steroid dienone is 2. The van der Waals surface area contributed by atoms with Crippen LogP contribution in [0.15, 0.2) is 90.5 Å². The smallest absolute Gasteiger partial charge is 0.234 e. The molecular weight excluding hydrogens is 544 g/mol. The van der Waals surface area contributed by atoms with E-state index in [0.717, 1.165) is 16.7 Å². The number of phenols is 1. The van der Waals surface area contributed by atoms with Crippen molar-refractivity contribution >= 4 is 23.6 Å². The van der Waals surface area contributed by atoms with E-state index >= 15 is 0 Å². The minimum absolute atomic E-state index is 0.0342. The minimum Gasteiger partial charge on any atom is -0.508 e. The number of carbonyl (C=O) groups excluding carboxylic acids is 4. The number of methoxy groups -OCH3 is 1. The molecule has 2 heterocycles. The van der Waals surface area contributed by atoms with Gasteiger partial charge < -0.3 is 9.84 Å². The van der Waals surface area contributed by atoms with Gasteiger partial charge in [0.15, 0.2) is 0 Å². The van der Waals surface area contributed by atoms with Gasteiger partial charge in [-0.1, -0.05) is 78.4 Å². The van der Waals surface area contributed by atoms with Crippen LogP contribution in [0.5, 0.6) is 11.5 Å². The molecular formula is C35H32N2O6. The van der Waals surface area contributed by atoms with Gasteiger partial charge >= 0.3 is 0 Å². The lowest BCUT2D eigenvalue weighted by Gasteiger charge is -2.44. The fraction of sp³-hybridized carbons (Fsp3) is 0.314. The number of hydrogen-bond acceptors (Lipinski definition) is 6. The molecule has 6 atom stereocenters. The zero-order valence-corrected chi connectivity index (χ0v) is 23.8. The maximum atomic E-state index is 14.1. The second-order valence-corrected chi connectivity index (χ2v) is 11.9. The number of amides is 4. The Kier molecular flexibility index (Phi) is 6.64. The van der Waals surface area contributed by atoms with E-state index in [0.29, 0.717) is 24.2 Å². The lowest BCUT2D eigenvalue weighted by atomic mass is 9.57. The molecule has 43 heavy (non-hydrogen) atoms. The summed E-state index contributed by atoms with van der Waals surface area (Å²) in [5.74, 6) is -4.08. The van der Waals surface area contributed by atoms with Crippen LogP contribution in [0.1, 0.15) is 35.4 Å². The predicted molar refractivity (Wildman–Crippen MR) is 156 cm³/mol. The highest BCUT2D eigenvalue weighted by atomic mass is 16.5.